The number of urea groups is 1. The second-order valence-electron chi connectivity index (χ2n) is 5.27. The number of nitrogens with one attached hydrogen (secondary N) is 1. The van der Waals surface area contributed by atoms with Gasteiger partial charge >= 0.3 is 12.0 Å². The average Bonchev–Trinajstić information content (AvgIpc) is 2.99. The van der Waals surface area contributed by atoms with E-state index in [1.54, 1.807) is 6.08 Å². The Morgan fingerprint density at radius 2 is 2.13 bits per heavy atom. The first-order valence-corrected chi connectivity index (χ1v) is 7.29. The van der Waals surface area contributed by atoms with Gasteiger partial charge in [0.2, 0.25) is 0 Å². The van der Waals surface area contributed by atoms with Gasteiger partial charge < -0.3 is 14.8 Å². The highest BCUT2D eigenvalue weighted by Crippen LogP contribution is 2.26. The third-order valence-corrected chi connectivity index (χ3v) is 3.65. The molecule has 7 heteroatoms. The molecule has 0 spiro atoms. The van der Waals surface area contributed by atoms with Crippen molar-refractivity contribution < 1.29 is 23.9 Å². The van der Waals surface area contributed by atoms with Gasteiger partial charge in [0.15, 0.2) is 6.10 Å². The number of amides is 3. The van der Waals surface area contributed by atoms with Crippen LogP contribution in [0.2, 0.25) is 0 Å². The lowest BCUT2D eigenvalue weighted by atomic mass is 10.1. The summed E-state index contributed by atoms with van der Waals surface area (Å²) >= 11 is 0. The number of hydrogen-bond acceptors (Lipinski definition) is 5. The number of rotatable bonds is 3. The Kier molecular flexibility index (Phi) is 4.01. The van der Waals surface area contributed by atoms with Crippen LogP contribution in [0.1, 0.15) is 12.5 Å². The van der Waals surface area contributed by atoms with Crippen LogP contribution in [-0.2, 0) is 14.3 Å². The van der Waals surface area contributed by atoms with Crippen LogP contribution in [-0.4, -0.2) is 48.6 Å². The topological polar surface area (TPSA) is 84.9 Å². The van der Waals surface area contributed by atoms with E-state index < -0.39 is 24.0 Å². The molecule has 0 saturated carbocycles. The lowest BCUT2D eigenvalue weighted by Crippen LogP contribution is -2.42. The zero-order valence-corrected chi connectivity index (χ0v) is 12.6. The van der Waals surface area contributed by atoms with Crippen LogP contribution in [0.25, 0.3) is 6.08 Å². The number of carbonyl (C=O) groups excluding carboxylic acids is 3. The molecule has 0 bridgehead atoms. The van der Waals surface area contributed by atoms with Crippen LogP contribution in [0.15, 0.2) is 29.8 Å². The van der Waals surface area contributed by atoms with Crippen LogP contribution in [0.3, 0.4) is 0 Å². The van der Waals surface area contributed by atoms with Crippen LogP contribution in [0.4, 0.5) is 4.79 Å². The van der Waals surface area contributed by atoms with E-state index in [1.165, 1.54) is 6.92 Å². The second-order valence-corrected chi connectivity index (χ2v) is 5.27. The standard InChI is InChI=1S/C16H16N2O5/c1-10(14(19)18-7-6-17-16(18)21)23-15(20)12-8-11-4-2-3-5-13(11)22-9-12/h2-5,8,10H,6-7,9H2,1H3,(H,17,21). The summed E-state index contributed by atoms with van der Waals surface area (Å²) in [5, 5.41) is 2.53. The largest absolute Gasteiger partial charge is 0.488 e. The molecule has 120 valence electrons. The summed E-state index contributed by atoms with van der Waals surface area (Å²) < 4.78 is 10.7. The molecule has 7 nitrogen and oxygen atoms in total. The van der Waals surface area contributed by atoms with Gasteiger partial charge in [-0.15, -0.1) is 0 Å². The van der Waals surface area contributed by atoms with Crippen molar-refractivity contribution >= 4 is 24.0 Å². The molecule has 2 heterocycles. The molecular formula is C16H16N2O5. The molecule has 1 unspecified atom stereocenters. The molecule has 3 amide bonds. The van der Waals surface area contributed by atoms with Crippen molar-refractivity contribution in [2.75, 3.05) is 19.7 Å². The Hall–Kier alpha value is -2.83. The fraction of sp³-hybridized carbons (Fsp3) is 0.312. The van der Waals surface area contributed by atoms with Gasteiger partial charge in [-0.2, -0.15) is 0 Å². The van der Waals surface area contributed by atoms with E-state index >= 15 is 0 Å². The zero-order chi connectivity index (χ0) is 16.4. The monoisotopic (exact) mass is 316 g/mol. The molecule has 1 fully saturated rings. The maximum absolute atomic E-state index is 12.2. The summed E-state index contributed by atoms with van der Waals surface area (Å²) in [6, 6.07) is 6.85. The van der Waals surface area contributed by atoms with E-state index in [0.29, 0.717) is 17.9 Å². The number of benzene rings is 1. The van der Waals surface area contributed by atoms with Gasteiger partial charge in [-0.05, 0) is 19.1 Å². The van der Waals surface area contributed by atoms with E-state index in [4.69, 9.17) is 9.47 Å². The third kappa shape index (κ3) is 3.03. The maximum Gasteiger partial charge on any atom is 0.338 e. The number of nitrogens with zero attached hydrogens (tertiary/aromatic N) is 1. The van der Waals surface area contributed by atoms with Crippen molar-refractivity contribution in [2.45, 2.75) is 13.0 Å². The number of hydrogen-bond donors (Lipinski definition) is 1. The van der Waals surface area contributed by atoms with E-state index in [9.17, 15) is 14.4 Å². The Morgan fingerprint density at radius 3 is 2.87 bits per heavy atom. The normalized spacial score (nSPS) is 17.5. The van der Waals surface area contributed by atoms with Crippen LogP contribution >= 0.6 is 0 Å². The van der Waals surface area contributed by atoms with Gasteiger partial charge in [-0.3, -0.25) is 9.69 Å². The summed E-state index contributed by atoms with van der Waals surface area (Å²) in [5.41, 5.74) is 1.11. The van der Waals surface area contributed by atoms with Crippen molar-refractivity contribution in [2.24, 2.45) is 0 Å². The van der Waals surface area contributed by atoms with Gasteiger partial charge in [-0.25, -0.2) is 9.59 Å². The summed E-state index contributed by atoms with van der Waals surface area (Å²) in [4.78, 5) is 36.8. The van der Waals surface area contributed by atoms with Gasteiger partial charge in [0, 0.05) is 18.7 Å². The minimum absolute atomic E-state index is 0.0843. The summed E-state index contributed by atoms with van der Waals surface area (Å²) in [5.74, 6) is -0.465. The number of carbonyl (C=O) groups is 3. The number of ether oxygens (including phenoxy) is 2. The van der Waals surface area contributed by atoms with Gasteiger partial charge in [0.1, 0.15) is 12.4 Å². The molecule has 1 saturated heterocycles. The summed E-state index contributed by atoms with van der Waals surface area (Å²) in [6.07, 6.45) is 0.644. The smallest absolute Gasteiger partial charge is 0.338 e. The van der Waals surface area contributed by atoms with Crippen LogP contribution in [0, 0.1) is 0 Å². The molecule has 2 aliphatic rings. The Bertz CT molecular complexity index is 697. The first-order valence-electron chi connectivity index (χ1n) is 7.29. The van der Waals surface area contributed by atoms with Crippen molar-refractivity contribution in [1.29, 1.82) is 0 Å². The van der Waals surface area contributed by atoms with Crippen molar-refractivity contribution in [3.05, 3.63) is 35.4 Å². The number of para-hydroxylation sites is 1. The zero-order valence-electron chi connectivity index (χ0n) is 12.6. The molecule has 1 atom stereocenters. The van der Waals surface area contributed by atoms with Crippen molar-refractivity contribution in [1.82, 2.24) is 10.2 Å². The maximum atomic E-state index is 12.2. The molecule has 3 rings (SSSR count). The van der Waals surface area contributed by atoms with Crippen molar-refractivity contribution in [3.8, 4) is 5.75 Å². The van der Waals surface area contributed by atoms with Crippen LogP contribution < -0.4 is 10.1 Å². The SMILES string of the molecule is CC(OC(=O)C1=Cc2ccccc2OC1)C(=O)N1CCNC1=O. The quantitative estimate of drug-likeness (QED) is 0.839. The molecule has 0 aromatic heterocycles. The van der Waals surface area contributed by atoms with E-state index in [0.717, 1.165) is 10.5 Å². The second kappa shape index (κ2) is 6.12. The molecule has 1 aromatic rings. The Morgan fingerprint density at radius 1 is 1.35 bits per heavy atom. The van der Waals surface area contributed by atoms with Gasteiger partial charge in [0.25, 0.3) is 5.91 Å². The molecule has 0 aliphatic carbocycles. The molecule has 0 radical (unpaired) electrons. The molecular weight excluding hydrogens is 300 g/mol. The molecule has 1 N–H and O–H groups in total. The fourth-order valence-electron chi connectivity index (χ4n) is 2.42. The number of esters is 1. The lowest BCUT2D eigenvalue weighted by Gasteiger charge is -2.20. The predicted molar refractivity (Wildman–Crippen MR) is 80.6 cm³/mol. The number of imide groups is 1. The Labute approximate surface area is 132 Å². The number of fused-ring (bicyclic) bond motifs is 1. The van der Waals surface area contributed by atoms with Gasteiger partial charge in [0.05, 0.1) is 5.57 Å². The summed E-state index contributed by atoms with van der Waals surface area (Å²) in [7, 11) is 0. The molecule has 2 aliphatic heterocycles. The molecule has 1 aromatic carbocycles. The van der Waals surface area contributed by atoms with E-state index in [1.807, 2.05) is 24.3 Å². The first-order chi connectivity index (χ1) is 11.1. The van der Waals surface area contributed by atoms with E-state index in [2.05, 4.69) is 5.32 Å². The Balaban J connectivity index is 1.66. The summed E-state index contributed by atoms with van der Waals surface area (Å²) in [6.45, 7) is 2.21. The minimum atomic E-state index is -1.04. The predicted octanol–water partition coefficient (Wildman–Crippen LogP) is 0.946. The van der Waals surface area contributed by atoms with Crippen LogP contribution in [0.5, 0.6) is 5.75 Å². The third-order valence-electron chi connectivity index (χ3n) is 3.65. The van der Waals surface area contributed by atoms with E-state index in [-0.39, 0.29) is 13.2 Å². The highest BCUT2D eigenvalue weighted by Gasteiger charge is 2.32. The first kappa shape index (κ1) is 15.1. The van der Waals surface area contributed by atoms with Crippen molar-refractivity contribution in [3.63, 3.8) is 0 Å². The highest BCUT2D eigenvalue weighted by atomic mass is 16.6. The fourth-order valence-corrected chi connectivity index (χ4v) is 2.42. The highest BCUT2D eigenvalue weighted by molar-refractivity contribution is 6.00. The molecule has 23 heavy (non-hydrogen) atoms. The minimum Gasteiger partial charge on any atom is -0.488 e. The van der Waals surface area contributed by atoms with Gasteiger partial charge in [-0.1, -0.05) is 18.2 Å². The average molecular weight is 316 g/mol. The lowest BCUT2D eigenvalue weighted by molar-refractivity contribution is -0.154.